The van der Waals surface area contributed by atoms with Crippen molar-refractivity contribution in [3.8, 4) is 0 Å². The minimum absolute atomic E-state index is 0. The van der Waals surface area contributed by atoms with Crippen LogP contribution in [0.15, 0.2) is 17.6 Å². The summed E-state index contributed by atoms with van der Waals surface area (Å²) in [7, 11) is 2.16. The molecule has 18 heavy (non-hydrogen) atoms. The van der Waals surface area contributed by atoms with Crippen LogP contribution in [0.1, 0.15) is 6.92 Å². The molecule has 1 unspecified atom stereocenters. The van der Waals surface area contributed by atoms with Gasteiger partial charge in [0.25, 0.3) is 0 Å². The maximum Gasteiger partial charge on any atom is 0.188 e. The minimum atomic E-state index is 0. The van der Waals surface area contributed by atoms with Crippen LogP contribution in [-0.4, -0.2) is 68.1 Å². The van der Waals surface area contributed by atoms with Gasteiger partial charge in [-0.2, -0.15) is 0 Å². The van der Waals surface area contributed by atoms with E-state index in [0.717, 1.165) is 32.7 Å². The van der Waals surface area contributed by atoms with Crippen molar-refractivity contribution in [3.05, 3.63) is 12.7 Å². The Bertz CT molecular complexity index is 261. The van der Waals surface area contributed by atoms with E-state index in [1.165, 1.54) is 0 Å². The third kappa shape index (κ3) is 6.55. The summed E-state index contributed by atoms with van der Waals surface area (Å²) in [5.41, 5.74) is 5.72. The van der Waals surface area contributed by atoms with E-state index < -0.39 is 0 Å². The van der Waals surface area contributed by atoms with Gasteiger partial charge < -0.3 is 16.0 Å². The average Bonchev–Trinajstić information content (AvgIpc) is 2.34. The normalized spacial score (nSPS) is 20.0. The highest BCUT2D eigenvalue weighted by Gasteiger charge is 2.18. The van der Waals surface area contributed by atoms with Gasteiger partial charge in [-0.3, -0.25) is 9.89 Å². The molecule has 1 aliphatic heterocycles. The van der Waals surface area contributed by atoms with Crippen LogP contribution in [0.25, 0.3) is 0 Å². The first-order chi connectivity index (χ1) is 8.13. The molecule has 0 aromatic rings. The standard InChI is InChI=1S/C12H25N5.HI/c1-4-5-14-12(13)15-10-11(2)17-8-6-16(3)7-9-17;/h4,11H,1,5-10H2,2-3H3,(H3,13,14,15);1H. The van der Waals surface area contributed by atoms with Crippen molar-refractivity contribution in [1.82, 2.24) is 15.1 Å². The molecular weight excluding hydrogens is 341 g/mol. The van der Waals surface area contributed by atoms with Gasteiger partial charge in [0.05, 0.1) is 6.54 Å². The van der Waals surface area contributed by atoms with Gasteiger partial charge in [0.15, 0.2) is 5.96 Å². The molecule has 1 saturated heterocycles. The molecule has 3 N–H and O–H groups in total. The van der Waals surface area contributed by atoms with Crippen molar-refractivity contribution in [1.29, 1.82) is 0 Å². The number of nitrogens with zero attached hydrogens (tertiary/aromatic N) is 3. The summed E-state index contributed by atoms with van der Waals surface area (Å²) in [4.78, 5) is 9.15. The van der Waals surface area contributed by atoms with Gasteiger partial charge >= 0.3 is 0 Å². The van der Waals surface area contributed by atoms with E-state index in [9.17, 15) is 0 Å². The van der Waals surface area contributed by atoms with Gasteiger partial charge in [-0.25, -0.2) is 0 Å². The van der Waals surface area contributed by atoms with E-state index in [1.807, 2.05) is 0 Å². The number of hydrogen-bond donors (Lipinski definition) is 2. The van der Waals surface area contributed by atoms with E-state index in [2.05, 4.69) is 40.7 Å². The summed E-state index contributed by atoms with van der Waals surface area (Å²) in [5.74, 6) is 0.505. The van der Waals surface area contributed by atoms with Crippen molar-refractivity contribution in [3.63, 3.8) is 0 Å². The summed E-state index contributed by atoms with van der Waals surface area (Å²) in [6.07, 6.45) is 1.77. The molecule has 106 valence electrons. The Morgan fingerprint density at radius 1 is 1.44 bits per heavy atom. The molecule has 0 spiro atoms. The van der Waals surface area contributed by atoms with Gasteiger partial charge in [-0.15, -0.1) is 30.6 Å². The second-order valence-corrected chi connectivity index (χ2v) is 4.58. The molecule has 1 fully saturated rings. The first-order valence-electron chi connectivity index (χ1n) is 6.20. The van der Waals surface area contributed by atoms with Crippen molar-refractivity contribution < 1.29 is 0 Å². The molecule has 0 amide bonds. The number of guanidine groups is 1. The Kier molecular flexibility index (Phi) is 9.39. The summed E-state index contributed by atoms with van der Waals surface area (Å²) in [6.45, 7) is 11.8. The van der Waals surface area contributed by atoms with Crippen molar-refractivity contribution in [2.24, 2.45) is 10.7 Å². The number of nitrogens with two attached hydrogens (primary N) is 1. The molecule has 0 aliphatic carbocycles. The van der Waals surface area contributed by atoms with Crippen LogP contribution < -0.4 is 11.1 Å². The van der Waals surface area contributed by atoms with Crippen molar-refractivity contribution >= 4 is 29.9 Å². The molecule has 0 bridgehead atoms. The molecule has 0 aromatic carbocycles. The third-order valence-corrected chi connectivity index (χ3v) is 3.11. The van der Waals surface area contributed by atoms with Crippen LogP contribution >= 0.6 is 24.0 Å². The summed E-state index contributed by atoms with van der Waals surface area (Å²) in [5, 5.41) is 2.98. The fraction of sp³-hybridized carbons (Fsp3) is 0.750. The number of nitrogens with one attached hydrogen (secondary N) is 1. The Hall–Kier alpha value is -0.340. The van der Waals surface area contributed by atoms with E-state index in [-0.39, 0.29) is 24.0 Å². The smallest absolute Gasteiger partial charge is 0.188 e. The van der Waals surface area contributed by atoms with Gasteiger partial charge in [0.2, 0.25) is 0 Å². The zero-order chi connectivity index (χ0) is 12.7. The molecule has 1 aliphatic rings. The van der Waals surface area contributed by atoms with Crippen LogP contribution in [0.4, 0.5) is 0 Å². The van der Waals surface area contributed by atoms with Crippen LogP contribution in [-0.2, 0) is 0 Å². The van der Waals surface area contributed by atoms with Crippen LogP contribution in [0.5, 0.6) is 0 Å². The molecule has 0 saturated carbocycles. The molecule has 6 heteroatoms. The number of rotatable bonds is 5. The van der Waals surface area contributed by atoms with E-state index in [4.69, 9.17) is 5.73 Å². The second kappa shape index (κ2) is 9.57. The summed E-state index contributed by atoms with van der Waals surface area (Å²) >= 11 is 0. The Labute approximate surface area is 128 Å². The average molecular weight is 367 g/mol. The Morgan fingerprint density at radius 3 is 2.61 bits per heavy atom. The predicted molar refractivity (Wildman–Crippen MR) is 88.6 cm³/mol. The van der Waals surface area contributed by atoms with E-state index >= 15 is 0 Å². The zero-order valence-electron chi connectivity index (χ0n) is 11.4. The van der Waals surface area contributed by atoms with Crippen LogP contribution in [0.3, 0.4) is 0 Å². The Balaban J connectivity index is 0.00000289. The topological polar surface area (TPSA) is 56.9 Å². The highest BCUT2D eigenvalue weighted by atomic mass is 127. The number of hydrogen-bond acceptors (Lipinski definition) is 3. The zero-order valence-corrected chi connectivity index (χ0v) is 13.8. The molecule has 1 heterocycles. The largest absolute Gasteiger partial charge is 0.370 e. The highest BCUT2D eigenvalue weighted by molar-refractivity contribution is 14.0. The predicted octanol–water partition coefficient (Wildman–Crippen LogP) is 0.331. The Morgan fingerprint density at radius 2 is 2.06 bits per heavy atom. The van der Waals surface area contributed by atoms with Gasteiger partial charge in [0, 0.05) is 38.8 Å². The molecule has 1 rings (SSSR count). The lowest BCUT2D eigenvalue weighted by atomic mass is 10.2. The van der Waals surface area contributed by atoms with Gasteiger partial charge in [-0.05, 0) is 14.0 Å². The molecular formula is C12H26IN5. The fourth-order valence-electron chi connectivity index (χ4n) is 1.84. The maximum absolute atomic E-state index is 5.72. The highest BCUT2D eigenvalue weighted by Crippen LogP contribution is 2.04. The number of halogens is 1. The van der Waals surface area contributed by atoms with Gasteiger partial charge in [0.1, 0.15) is 0 Å². The minimum Gasteiger partial charge on any atom is -0.370 e. The summed E-state index contributed by atoms with van der Waals surface area (Å²) < 4.78 is 0. The molecule has 1 atom stereocenters. The lowest BCUT2D eigenvalue weighted by molar-refractivity contribution is 0.122. The van der Waals surface area contributed by atoms with Crippen molar-refractivity contribution in [2.75, 3.05) is 46.3 Å². The quantitative estimate of drug-likeness (QED) is 0.318. The first kappa shape index (κ1) is 17.7. The van der Waals surface area contributed by atoms with Crippen LogP contribution in [0.2, 0.25) is 0 Å². The van der Waals surface area contributed by atoms with Crippen LogP contribution in [0, 0.1) is 0 Å². The maximum atomic E-state index is 5.72. The number of aliphatic imine (C=N–C) groups is 1. The lowest BCUT2D eigenvalue weighted by Gasteiger charge is -2.35. The monoisotopic (exact) mass is 367 g/mol. The molecule has 5 nitrogen and oxygen atoms in total. The SMILES string of the molecule is C=CCNC(N)=NCC(C)N1CCN(C)CC1.I. The molecule has 0 radical (unpaired) electrons. The van der Waals surface area contributed by atoms with E-state index in [0.29, 0.717) is 18.5 Å². The third-order valence-electron chi connectivity index (χ3n) is 3.11. The molecule has 0 aromatic heterocycles. The number of likely N-dealkylation sites (N-methyl/N-ethyl adjacent to an activating group) is 1. The second-order valence-electron chi connectivity index (χ2n) is 4.58. The van der Waals surface area contributed by atoms with Crippen molar-refractivity contribution in [2.45, 2.75) is 13.0 Å². The lowest BCUT2D eigenvalue weighted by Crippen LogP contribution is -2.49. The van der Waals surface area contributed by atoms with Gasteiger partial charge in [-0.1, -0.05) is 6.08 Å². The fourth-order valence-corrected chi connectivity index (χ4v) is 1.84. The van der Waals surface area contributed by atoms with E-state index in [1.54, 1.807) is 6.08 Å². The first-order valence-corrected chi connectivity index (χ1v) is 6.20. The number of piperazine rings is 1. The summed E-state index contributed by atoms with van der Waals surface area (Å²) in [6, 6.07) is 0.452.